The Bertz CT molecular complexity index is 832. The number of ether oxygens (including phenoxy) is 1. The van der Waals surface area contributed by atoms with E-state index in [4.69, 9.17) is 4.74 Å². The van der Waals surface area contributed by atoms with Gasteiger partial charge in [-0.3, -0.25) is 0 Å². The fourth-order valence-electron chi connectivity index (χ4n) is 2.43. The smallest absolute Gasteiger partial charge is 0.176 e. The predicted octanol–water partition coefficient (Wildman–Crippen LogP) is 4.50. The first kappa shape index (κ1) is 16.1. The number of hydrogen-bond donors (Lipinski definition) is 1. The van der Waals surface area contributed by atoms with Crippen molar-refractivity contribution >= 4 is 0 Å². The van der Waals surface area contributed by atoms with Gasteiger partial charge in [-0.2, -0.15) is 0 Å². The van der Waals surface area contributed by atoms with Gasteiger partial charge in [0.25, 0.3) is 0 Å². The second kappa shape index (κ2) is 7.23. The van der Waals surface area contributed by atoms with Crippen molar-refractivity contribution in [3.05, 3.63) is 89.5 Å². The van der Waals surface area contributed by atoms with Crippen LogP contribution >= 0.6 is 0 Å². The Morgan fingerprint density at radius 2 is 1.67 bits per heavy atom. The molecule has 0 atom stereocenters. The molecule has 0 amide bonds. The van der Waals surface area contributed by atoms with Crippen molar-refractivity contribution < 1.29 is 18.6 Å². The Hall–Kier alpha value is -2.72. The molecule has 1 N–H and O–H groups in total. The van der Waals surface area contributed by atoms with Crippen molar-refractivity contribution in [3.8, 4) is 16.9 Å². The van der Waals surface area contributed by atoms with Gasteiger partial charge in [-0.1, -0.05) is 48.5 Å². The molecule has 3 aromatic carbocycles. The molecular formula is C20H15F2O2. The largest absolute Gasteiger partial charge is 0.485 e. The molecule has 121 valence electrons. The second-order valence-corrected chi connectivity index (χ2v) is 5.31. The number of aliphatic hydroxyl groups excluding tert-OH is 1. The molecule has 0 aromatic heterocycles. The Labute approximate surface area is 139 Å². The van der Waals surface area contributed by atoms with Crippen LogP contribution in [0.5, 0.6) is 5.75 Å². The van der Waals surface area contributed by atoms with Crippen LogP contribution in [0.25, 0.3) is 11.1 Å². The molecule has 4 heteroatoms. The van der Waals surface area contributed by atoms with E-state index in [1.165, 1.54) is 6.07 Å². The predicted molar refractivity (Wildman–Crippen MR) is 87.3 cm³/mol. The lowest BCUT2D eigenvalue weighted by Crippen LogP contribution is -2.00. The van der Waals surface area contributed by atoms with Crippen LogP contribution in [0.2, 0.25) is 0 Å². The van der Waals surface area contributed by atoms with E-state index in [2.05, 4.69) is 0 Å². The lowest BCUT2D eigenvalue weighted by molar-refractivity contribution is 0.282. The molecule has 0 aliphatic rings. The standard InChI is InChI=1S/C20H15F2O2/c21-17-10-18(16-8-4-7-15(9-16)12-23)20(19(22)11-17)24-13-14-5-2-1-3-6-14/h1-10,23H,12-13H2. The maximum Gasteiger partial charge on any atom is 0.176 e. The summed E-state index contributed by atoms with van der Waals surface area (Å²) in [6.07, 6.45) is 0. The van der Waals surface area contributed by atoms with Crippen molar-refractivity contribution in [1.29, 1.82) is 0 Å². The average Bonchev–Trinajstić information content (AvgIpc) is 2.61. The minimum Gasteiger partial charge on any atom is -0.485 e. The summed E-state index contributed by atoms with van der Waals surface area (Å²) >= 11 is 0. The Morgan fingerprint density at radius 1 is 0.917 bits per heavy atom. The zero-order chi connectivity index (χ0) is 16.9. The Balaban J connectivity index is 1.98. The highest BCUT2D eigenvalue weighted by Gasteiger charge is 2.15. The molecule has 1 radical (unpaired) electrons. The molecule has 2 nitrogen and oxygen atoms in total. The summed E-state index contributed by atoms with van der Waals surface area (Å²) in [6, 6.07) is 19.3. The topological polar surface area (TPSA) is 29.5 Å². The number of rotatable bonds is 5. The van der Waals surface area contributed by atoms with Crippen LogP contribution in [0.3, 0.4) is 0 Å². The Kier molecular flexibility index (Phi) is 4.87. The van der Waals surface area contributed by atoms with Gasteiger partial charge in [0.15, 0.2) is 11.6 Å². The summed E-state index contributed by atoms with van der Waals surface area (Å²) in [6.45, 7) is 0.00188. The van der Waals surface area contributed by atoms with E-state index in [1.54, 1.807) is 24.3 Å². The summed E-state index contributed by atoms with van der Waals surface area (Å²) in [5.41, 5.74) is 2.37. The van der Waals surface area contributed by atoms with Gasteiger partial charge in [-0.05, 0) is 28.8 Å². The minimum absolute atomic E-state index is 0.0599. The van der Waals surface area contributed by atoms with Crippen molar-refractivity contribution in [3.63, 3.8) is 0 Å². The zero-order valence-corrected chi connectivity index (χ0v) is 12.8. The van der Waals surface area contributed by atoms with Crippen LogP contribution in [0.1, 0.15) is 11.1 Å². The first-order valence-corrected chi connectivity index (χ1v) is 7.45. The van der Waals surface area contributed by atoms with E-state index < -0.39 is 11.6 Å². The van der Waals surface area contributed by atoms with Gasteiger partial charge < -0.3 is 9.84 Å². The van der Waals surface area contributed by atoms with E-state index >= 15 is 0 Å². The highest BCUT2D eigenvalue weighted by Crippen LogP contribution is 2.34. The highest BCUT2D eigenvalue weighted by atomic mass is 19.1. The molecular weight excluding hydrogens is 310 g/mol. The maximum atomic E-state index is 14.2. The molecule has 24 heavy (non-hydrogen) atoms. The van der Waals surface area contributed by atoms with Crippen LogP contribution in [-0.4, -0.2) is 5.11 Å². The molecule has 0 unspecified atom stereocenters. The molecule has 0 saturated heterocycles. The first-order valence-electron chi connectivity index (χ1n) is 7.45. The number of aliphatic hydroxyl groups is 1. The summed E-state index contributed by atoms with van der Waals surface area (Å²) in [5, 5.41) is 9.25. The van der Waals surface area contributed by atoms with Crippen LogP contribution in [0, 0.1) is 17.7 Å². The first-order chi connectivity index (χ1) is 11.7. The zero-order valence-electron chi connectivity index (χ0n) is 12.8. The average molecular weight is 325 g/mol. The van der Waals surface area contributed by atoms with Gasteiger partial charge in [0.05, 0.1) is 12.7 Å². The molecule has 0 aliphatic heterocycles. The molecule has 0 saturated carbocycles. The Morgan fingerprint density at radius 3 is 2.42 bits per heavy atom. The molecule has 0 spiro atoms. The number of hydrogen-bond acceptors (Lipinski definition) is 2. The molecule has 0 heterocycles. The highest BCUT2D eigenvalue weighted by molar-refractivity contribution is 5.71. The summed E-state index contributed by atoms with van der Waals surface area (Å²) in [5.74, 6) is -1.74. The lowest BCUT2D eigenvalue weighted by atomic mass is 10.0. The molecule has 0 aliphatic carbocycles. The summed E-state index contributed by atoms with van der Waals surface area (Å²) in [4.78, 5) is 0. The second-order valence-electron chi connectivity index (χ2n) is 5.31. The quantitative estimate of drug-likeness (QED) is 0.748. The molecule has 3 rings (SSSR count). The van der Waals surface area contributed by atoms with E-state index in [1.807, 2.05) is 36.4 Å². The van der Waals surface area contributed by atoms with Gasteiger partial charge >= 0.3 is 0 Å². The number of benzene rings is 3. The van der Waals surface area contributed by atoms with Crippen molar-refractivity contribution in [2.45, 2.75) is 13.2 Å². The normalized spacial score (nSPS) is 10.6. The van der Waals surface area contributed by atoms with Crippen LogP contribution in [0.4, 0.5) is 8.78 Å². The SMILES string of the molecule is OCc1cccc(-c2cc(F)[c]c(F)c2OCc2ccccc2)c1. The van der Waals surface area contributed by atoms with Crippen molar-refractivity contribution in [2.75, 3.05) is 0 Å². The van der Waals surface area contributed by atoms with Gasteiger partial charge in [0.1, 0.15) is 12.4 Å². The third-order valence-electron chi connectivity index (χ3n) is 3.59. The van der Waals surface area contributed by atoms with Crippen LogP contribution in [0.15, 0.2) is 60.7 Å². The lowest BCUT2D eigenvalue weighted by Gasteiger charge is -2.13. The van der Waals surface area contributed by atoms with Crippen molar-refractivity contribution in [2.24, 2.45) is 0 Å². The van der Waals surface area contributed by atoms with Crippen LogP contribution in [-0.2, 0) is 13.2 Å². The third-order valence-corrected chi connectivity index (χ3v) is 3.59. The van der Waals surface area contributed by atoms with E-state index in [0.717, 1.165) is 5.56 Å². The van der Waals surface area contributed by atoms with E-state index in [0.29, 0.717) is 11.1 Å². The molecule has 3 aromatic rings. The fraction of sp³-hybridized carbons (Fsp3) is 0.100. The minimum atomic E-state index is -0.879. The van der Waals surface area contributed by atoms with Crippen LogP contribution < -0.4 is 4.74 Å². The summed E-state index contributed by atoms with van der Waals surface area (Å²) < 4.78 is 33.5. The molecule has 0 bridgehead atoms. The molecule has 0 fully saturated rings. The third kappa shape index (κ3) is 3.60. The van der Waals surface area contributed by atoms with Gasteiger partial charge in [0, 0.05) is 5.56 Å². The van der Waals surface area contributed by atoms with Crippen molar-refractivity contribution in [1.82, 2.24) is 0 Å². The number of halogens is 2. The van der Waals surface area contributed by atoms with Gasteiger partial charge in [-0.15, -0.1) is 0 Å². The maximum absolute atomic E-state index is 14.2. The monoisotopic (exact) mass is 325 g/mol. The van der Waals surface area contributed by atoms with Gasteiger partial charge in [-0.25, -0.2) is 8.78 Å². The fourth-order valence-corrected chi connectivity index (χ4v) is 2.43. The van der Waals surface area contributed by atoms with E-state index in [9.17, 15) is 13.9 Å². The van der Waals surface area contributed by atoms with E-state index in [-0.39, 0.29) is 24.5 Å². The van der Waals surface area contributed by atoms with Gasteiger partial charge in [0.2, 0.25) is 0 Å². The summed E-state index contributed by atoms with van der Waals surface area (Å²) in [7, 11) is 0.